The lowest BCUT2D eigenvalue weighted by molar-refractivity contribution is -0.116. The summed E-state index contributed by atoms with van der Waals surface area (Å²) in [6.45, 7) is 2.55. The van der Waals surface area contributed by atoms with Gasteiger partial charge in [0, 0.05) is 33.9 Å². The van der Waals surface area contributed by atoms with E-state index in [-0.39, 0.29) is 17.2 Å². The number of fused-ring (bicyclic) bond motifs is 1. The first-order chi connectivity index (χ1) is 16.1. The Kier molecular flexibility index (Phi) is 5.92. The Labute approximate surface area is 196 Å². The van der Waals surface area contributed by atoms with E-state index < -0.39 is 0 Å². The van der Waals surface area contributed by atoms with Gasteiger partial charge in [-0.15, -0.1) is 0 Å². The number of carbonyl (C=O) groups is 1. The third-order valence-corrected chi connectivity index (χ3v) is 6.82. The van der Waals surface area contributed by atoms with Crippen LogP contribution >= 0.6 is 11.8 Å². The first-order valence-electron chi connectivity index (χ1n) is 11.0. The number of aryl methyl sites for hydroxylation is 1. The van der Waals surface area contributed by atoms with Crippen LogP contribution in [0, 0.1) is 5.82 Å². The largest absolute Gasteiger partial charge is 0.357 e. The molecular weight excluding hydrogens is 433 g/mol. The predicted molar refractivity (Wildman–Crippen MR) is 134 cm³/mol. The number of nitrogens with zero attached hydrogens (tertiary/aromatic N) is 1. The number of hydrogen-bond donors (Lipinski definition) is 2. The monoisotopic (exact) mass is 457 g/mol. The molecule has 2 heterocycles. The highest BCUT2D eigenvalue weighted by molar-refractivity contribution is 8.05. The van der Waals surface area contributed by atoms with Gasteiger partial charge in [0.1, 0.15) is 5.82 Å². The quantitative estimate of drug-likeness (QED) is 0.350. The van der Waals surface area contributed by atoms with Crippen LogP contribution in [0.25, 0.3) is 17.0 Å². The molecule has 1 aliphatic rings. The van der Waals surface area contributed by atoms with Gasteiger partial charge in [0.2, 0.25) is 0 Å². The molecule has 0 bridgehead atoms. The van der Waals surface area contributed by atoms with E-state index in [1.165, 1.54) is 23.4 Å². The SMILES string of the molecule is CCc1ccc(N[C@H]2NC(=O)/C(=C/c3cn(Cc4ccccc4F)c4ccccc34)S2)cc1. The van der Waals surface area contributed by atoms with Crippen molar-refractivity contribution < 1.29 is 9.18 Å². The van der Waals surface area contributed by atoms with Crippen LogP contribution in [0.15, 0.2) is 83.9 Å². The van der Waals surface area contributed by atoms with E-state index in [1.807, 2.05) is 59.3 Å². The van der Waals surface area contributed by atoms with Gasteiger partial charge in [0.25, 0.3) is 5.91 Å². The van der Waals surface area contributed by atoms with Gasteiger partial charge in [-0.2, -0.15) is 0 Å². The van der Waals surface area contributed by atoms with Crippen molar-refractivity contribution in [3.8, 4) is 0 Å². The van der Waals surface area contributed by atoms with Gasteiger partial charge in [-0.1, -0.05) is 67.2 Å². The van der Waals surface area contributed by atoms with Crippen molar-refractivity contribution in [2.45, 2.75) is 25.4 Å². The number of para-hydroxylation sites is 1. The molecular formula is C27H24FN3OS. The first kappa shape index (κ1) is 21.3. The number of hydrogen-bond acceptors (Lipinski definition) is 3. The van der Waals surface area contributed by atoms with Crippen LogP contribution in [0.4, 0.5) is 10.1 Å². The molecule has 0 spiro atoms. The van der Waals surface area contributed by atoms with Crippen LogP contribution in [-0.2, 0) is 17.8 Å². The summed E-state index contributed by atoms with van der Waals surface area (Å²) in [7, 11) is 0. The normalized spacial score (nSPS) is 17.0. The van der Waals surface area contributed by atoms with Crippen molar-refractivity contribution in [3.05, 3.63) is 106 Å². The minimum Gasteiger partial charge on any atom is -0.357 e. The fourth-order valence-electron chi connectivity index (χ4n) is 4.03. The van der Waals surface area contributed by atoms with Crippen LogP contribution in [0.1, 0.15) is 23.6 Å². The molecule has 4 aromatic rings. The Hall–Kier alpha value is -3.51. The van der Waals surface area contributed by atoms with Gasteiger partial charge >= 0.3 is 0 Å². The molecule has 5 rings (SSSR count). The Bertz CT molecular complexity index is 1340. The van der Waals surface area contributed by atoms with E-state index in [0.717, 1.165) is 28.6 Å². The third-order valence-electron chi connectivity index (χ3n) is 5.80. The molecule has 1 saturated heterocycles. The molecule has 33 heavy (non-hydrogen) atoms. The summed E-state index contributed by atoms with van der Waals surface area (Å²) in [5, 5.41) is 7.38. The molecule has 3 aromatic carbocycles. The number of halogens is 1. The maximum atomic E-state index is 14.2. The number of benzene rings is 3. The molecule has 1 amide bonds. The van der Waals surface area contributed by atoms with Gasteiger partial charge in [0.05, 0.1) is 11.4 Å². The van der Waals surface area contributed by atoms with Crippen molar-refractivity contribution in [2.75, 3.05) is 5.32 Å². The van der Waals surface area contributed by atoms with Gasteiger partial charge in [-0.25, -0.2) is 4.39 Å². The molecule has 2 N–H and O–H groups in total. The zero-order valence-corrected chi connectivity index (χ0v) is 19.0. The van der Waals surface area contributed by atoms with Gasteiger partial charge in [0.15, 0.2) is 5.50 Å². The number of nitrogens with one attached hydrogen (secondary N) is 2. The number of amides is 1. The second-order valence-electron chi connectivity index (χ2n) is 8.00. The molecule has 1 atom stereocenters. The molecule has 0 saturated carbocycles. The highest BCUT2D eigenvalue weighted by Crippen LogP contribution is 2.33. The lowest BCUT2D eigenvalue weighted by Gasteiger charge is -2.12. The summed E-state index contributed by atoms with van der Waals surface area (Å²) in [6.07, 6.45) is 4.90. The van der Waals surface area contributed by atoms with Crippen molar-refractivity contribution in [3.63, 3.8) is 0 Å². The Morgan fingerprint density at radius 3 is 2.61 bits per heavy atom. The molecule has 6 heteroatoms. The van der Waals surface area contributed by atoms with Crippen LogP contribution in [0.3, 0.4) is 0 Å². The zero-order chi connectivity index (χ0) is 22.8. The fourth-order valence-corrected chi connectivity index (χ4v) is 5.00. The average molecular weight is 458 g/mol. The topological polar surface area (TPSA) is 46.1 Å². The van der Waals surface area contributed by atoms with Crippen LogP contribution in [0.5, 0.6) is 0 Å². The minimum absolute atomic E-state index is 0.103. The predicted octanol–water partition coefficient (Wildman–Crippen LogP) is 5.99. The van der Waals surface area contributed by atoms with Crippen molar-refractivity contribution >= 4 is 40.3 Å². The molecule has 1 aliphatic heterocycles. The molecule has 1 fully saturated rings. The maximum Gasteiger partial charge on any atom is 0.260 e. The highest BCUT2D eigenvalue weighted by atomic mass is 32.2. The highest BCUT2D eigenvalue weighted by Gasteiger charge is 2.27. The van der Waals surface area contributed by atoms with Crippen LogP contribution < -0.4 is 10.6 Å². The minimum atomic E-state index is -0.233. The number of aromatic nitrogens is 1. The standard InChI is InChI=1S/C27H24FN3OS/c1-2-18-11-13-21(14-12-18)29-27-30-26(32)25(33-27)15-20-17-31(24-10-6-4-8-22(20)24)16-19-7-3-5-9-23(19)28/h3-15,17,27,29H,2,16H2,1H3,(H,30,32)/b25-15-/t27-/m0/s1. The summed E-state index contributed by atoms with van der Waals surface area (Å²) in [5.41, 5.74) is 4.57. The summed E-state index contributed by atoms with van der Waals surface area (Å²) in [6, 6.07) is 23.0. The third kappa shape index (κ3) is 4.52. The Morgan fingerprint density at radius 2 is 1.82 bits per heavy atom. The number of rotatable bonds is 6. The second kappa shape index (κ2) is 9.16. The van der Waals surface area contributed by atoms with Gasteiger partial charge in [-0.05, 0) is 42.3 Å². The van der Waals surface area contributed by atoms with E-state index in [0.29, 0.717) is 17.0 Å². The average Bonchev–Trinajstić information content (AvgIpc) is 3.35. The first-order valence-corrected chi connectivity index (χ1v) is 11.8. The van der Waals surface area contributed by atoms with E-state index in [1.54, 1.807) is 12.1 Å². The van der Waals surface area contributed by atoms with E-state index in [2.05, 4.69) is 29.7 Å². The molecule has 0 unspecified atom stereocenters. The molecule has 4 nitrogen and oxygen atoms in total. The molecule has 0 radical (unpaired) electrons. The summed E-state index contributed by atoms with van der Waals surface area (Å²) >= 11 is 1.46. The van der Waals surface area contributed by atoms with Crippen molar-refractivity contribution in [1.29, 1.82) is 0 Å². The van der Waals surface area contributed by atoms with Crippen molar-refractivity contribution in [1.82, 2.24) is 9.88 Å². The zero-order valence-electron chi connectivity index (χ0n) is 18.2. The number of carbonyl (C=O) groups excluding carboxylic acids is 1. The summed E-state index contributed by atoms with van der Waals surface area (Å²) < 4.78 is 16.3. The van der Waals surface area contributed by atoms with E-state index in [9.17, 15) is 9.18 Å². The lowest BCUT2D eigenvalue weighted by atomic mass is 10.1. The summed E-state index contributed by atoms with van der Waals surface area (Å²) in [5.74, 6) is -0.324. The fraction of sp³-hybridized carbons (Fsp3) is 0.148. The van der Waals surface area contributed by atoms with Crippen molar-refractivity contribution in [2.24, 2.45) is 0 Å². The van der Waals surface area contributed by atoms with E-state index in [4.69, 9.17) is 0 Å². The van der Waals surface area contributed by atoms with Crippen LogP contribution in [-0.4, -0.2) is 16.0 Å². The Morgan fingerprint density at radius 1 is 1.06 bits per heavy atom. The van der Waals surface area contributed by atoms with Crippen LogP contribution in [0.2, 0.25) is 0 Å². The molecule has 166 valence electrons. The second-order valence-corrected chi connectivity index (χ2v) is 9.14. The lowest BCUT2D eigenvalue weighted by Crippen LogP contribution is -2.30. The van der Waals surface area contributed by atoms with E-state index >= 15 is 0 Å². The van der Waals surface area contributed by atoms with Gasteiger partial charge in [-0.3, -0.25) is 4.79 Å². The Balaban J connectivity index is 1.40. The summed E-state index contributed by atoms with van der Waals surface area (Å²) in [4.78, 5) is 13.3. The maximum absolute atomic E-state index is 14.2. The molecule has 0 aliphatic carbocycles. The molecule has 1 aromatic heterocycles. The number of thioether (sulfide) groups is 1. The smallest absolute Gasteiger partial charge is 0.260 e. The number of anilines is 1. The van der Waals surface area contributed by atoms with Gasteiger partial charge < -0.3 is 15.2 Å².